The fourth-order valence-corrected chi connectivity index (χ4v) is 2.63. The molecule has 1 aromatic rings. The van der Waals surface area contributed by atoms with E-state index in [9.17, 15) is 0 Å². The Morgan fingerprint density at radius 2 is 1.86 bits per heavy atom. The molecule has 2 nitrogen and oxygen atoms in total. The summed E-state index contributed by atoms with van der Waals surface area (Å²) in [4.78, 5) is 0. The van der Waals surface area contributed by atoms with Crippen LogP contribution in [0, 0.1) is 13.8 Å². The van der Waals surface area contributed by atoms with Crippen molar-refractivity contribution in [3.63, 3.8) is 0 Å². The molecule has 0 aliphatic carbocycles. The second-order valence-electron chi connectivity index (χ2n) is 6.00. The molecule has 1 atom stereocenters. The third-order valence-electron chi connectivity index (χ3n) is 3.87. The number of nitrogens with one attached hydrogen (secondary N) is 1. The van der Waals surface area contributed by atoms with Gasteiger partial charge in [0.25, 0.3) is 0 Å². The van der Waals surface area contributed by atoms with Gasteiger partial charge < -0.3 is 10.1 Å². The van der Waals surface area contributed by atoms with E-state index in [1.165, 1.54) is 42.4 Å². The Balaban J connectivity index is 2.50. The van der Waals surface area contributed by atoms with E-state index in [-0.39, 0.29) is 0 Å². The van der Waals surface area contributed by atoms with Crippen LogP contribution in [0.15, 0.2) is 18.2 Å². The van der Waals surface area contributed by atoms with Crippen LogP contribution in [-0.4, -0.2) is 19.8 Å². The number of unbranched alkanes of at least 4 members (excludes halogenated alkanes) is 3. The summed E-state index contributed by atoms with van der Waals surface area (Å²) in [5, 5.41) is 3.62. The summed E-state index contributed by atoms with van der Waals surface area (Å²) in [5.41, 5.74) is 4.06. The van der Waals surface area contributed by atoms with E-state index >= 15 is 0 Å². The molecule has 0 amide bonds. The molecule has 0 bridgehead atoms. The van der Waals surface area contributed by atoms with Gasteiger partial charge in [0, 0.05) is 6.61 Å². The van der Waals surface area contributed by atoms with Gasteiger partial charge in [0.05, 0.1) is 12.6 Å². The number of ether oxygens (including phenoxy) is 1. The van der Waals surface area contributed by atoms with Gasteiger partial charge in [-0.1, -0.05) is 56.9 Å². The SMILES string of the molecule is CCCCCCOCC(NCCC)c1ccc(C)cc1C. The summed E-state index contributed by atoms with van der Waals surface area (Å²) in [6.07, 6.45) is 6.22. The standard InChI is InChI=1S/C19H33NO/c1-5-7-8-9-13-21-15-19(20-12-6-2)18-11-10-16(3)14-17(18)4/h10-11,14,19-20H,5-9,12-13,15H2,1-4H3. The maximum Gasteiger partial charge on any atom is 0.0661 e. The van der Waals surface area contributed by atoms with Crippen molar-refractivity contribution in [3.8, 4) is 0 Å². The molecule has 1 unspecified atom stereocenters. The predicted molar refractivity (Wildman–Crippen MR) is 91.9 cm³/mol. The van der Waals surface area contributed by atoms with Crippen molar-refractivity contribution in [2.75, 3.05) is 19.8 Å². The van der Waals surface area contributed by atoms with E-state index in [2.05, 4.69) is 51.2 Å². The molecule has 0 saturated carbocycles. The van der Waals surface area contributed by atoms with Gasteiger partial charge in [-0.05, 0) is 44.4 Å². The van der Waals surface area contributed by atoms with Crippen LogP contribution in [0.5, 0.6) is 0 Å². The quantitative estimate of drug-likeness (QED) is 0.583. The van der Waals surface area contributed by atoms with Crippen LogP contribution in [0.2, 0.25) is 0 Å². The molecule has 0 aromatic heterocycles. The van der Waals surface area contributed by atoms with Crippen LogP contribution in [-0.2, 0) is 4.74 Å². The Bertz CT molecular complexity index is 389. The smallest absolute Gasteiger partial charge is 0.0661 e. The fraction of sp³-hybridized carbons (Fsp3) is 0.684. The molecule has 1 aromatic carbocycles. The predicted octanol–water partition coefficient (Wildman–Crippen LogP) is 4.94. The lowest BCUT2D eigenvalue weighted by Gasteiger charge is -2.21. The Hall–Kier alpha value is -0.860. The zero-order chi connectivity index (χ0) is 15.5. The molecule has 0 radical (unpaired) electrons. The van der Waals surface area contributed by atoms with Crippen LogP contribution in [0.25, 0.3) is 0 Å². The third kappa shape index (κ3) is 7.10. The molecule has 0 fully saturated rings. The molecule has 1 rings (SSSR count). The van der Waals surface area contributed by atoms with Gasteiger partial charge in [0.1, 0.15) is 0 Å². The number of hydrogen-bond donors (Lipinski definition) is 1. The highest BCUT2D eigenvalue weighted by Gasteiger charge is 2.13. The molecule has 1 N–H and O–H groups in total. The van der Waals surface area contributed by atoms with Crippen LogP contribution in [0.1, 0.15) is 68.7 Å². The minimum atomic E-state index is 0.316. The minimum Gasteiger partial charge on any atom is -0.379 e. The van der Waals surface area contributed by atoms with Gasteiger partial charge in [-0.3, -0.25) is 0 Å². The van der Waals surface area contributed by atoms with Gasteiger partial charge in [0.15, 0.2) is 0 Å². The van der Waals surface area contributed by atoms with Crippen molar-refractivity contribution in [2.45, 2.75) is 65.8 Å². The molecule has 120 valence electrons. The highest BCUT2D eigenvalue weighted by molar-refractivity contribution is 5.32. The number of rotatable bonds is 11. The van der Waals surface area contributed by atoms with Crippen molar-refractivity contribution < 1.29 is 4.74 Å². The lowest BCUT2D eigenvalue weighted by atomic mass is 9.99. The van der Waals surface area contributed by atoms with Gasteiger partial charge in [-0.15, -0.1) is 0 Å². The van der Waals surface area contributed by atoms with E-state index in [0.717, 1.165) is 26.2 Å². The molecule has 0 aliphatic rings. The molecule has 0 spiro atoms. The maximum absolute atomic E-state index is 5.92. The van der Waals surface area contributed by atoms with Gasteiger partial charge in [0.2, 0.25) is 0 Å². The summed E-state index contributed by atoms with van der Waals surface area (Å²) < 4.78 is 5.92. The number of hydrogen-bond acceptors (Lipinski definition) is 2. The van der Waals surface area contributed by atoms with Crippen molar-refractivity contribution in [3.05, 3.63) is 34.9 Å². The van der Waals surface area contributed by atoms with Crippen LogP contribution < -0.4 is 5.32 Å². The van der Waals surface area contributed by atoms with Crippen LogP contribution >= 0.6 is 0 Å². The molecule has 21 heavy (non-hydrogen) atoms. The monoisotopic (exact) mass is 291 g/mol. The average molecular weight is 291 g/mol. The Morgan fingerprint density at radius 3 is 2.52 bits per heavy atom. The van der Waals surface area contributed by atoms with E-state index in [0.29, 0.717) is 6.04 Å². The van der Waals surface area contributed by atoms with E-state index in [1.54, 1.807) is 0 Å². The number of benzene rings is 1. The van der Waals surface area contributed by atoms with E-state index in [1.807, 2.05) is 0 Å². The minimum absolute atomic E-state index is 0.316. The first-order chi connectivity index (χ1) is 10.2. The van der Waals surface area contributed by atoms with Gasteiger partial charge >= 0.3 is 0 Å². The molecule has 0 saturated heterocycles. The number of aryl methyl sites for hydroxylation is 2. The van der Waals surface area contributed by atoms with Crippen molar-refractivity contribution in [1.82, 2.24) is 5.32 Å². The molecule has 0 heterocycles. The Kier molecular flexibility index (Phi) is 9.36. The van der Waals surface area contributed by atoms with E-state index < -0.39 is 0 Å². The first kappa shape index (κ1) is 18.2. The molecular weight excluding hydrogens is 258 g/mol. The van der Waals surface area contributed by atoms with Crippen molar-refractivity contribution >= 4 is 0 Å². The first-order valence-electron chi connectivity index (χ1n) is 8.57. The second-order valence-corrected chi connectivity index (χ2v) is 6.00. The van der Waals surface area contributed by atoms with Gasteiger partial charge in [-0.25, -0.2) is 0 Å². The van der Waals surface area contributed by atoms with E-state index in [4.69, 9.17) is 4.74 Å². The average Bonchev–Trinajstić information content (AvgIpc) is 2.46. The highest BCUT2D eigenvalue weighted by Crippen LogP contribution is 2.19. The zero-order valence-corrected chi connectivity index (χ0v) is 14.4. The lowest BCUT2D eigenvalue weighted by Crippen LogP contribution is -2.27. The Morgan fingerprint density at radius 1 is 1.05 bits per heavy atom. The summed E-state index contributed by atoms with van der Waals surface area (Å²) in [6.45, 7) is 11.5. The largest absolute Gasteiger partial charge is 0.379 e. The summed E-state index contributed by atoms with van der Waals surface area (Å²) in [5.74, 6) is 0. The van der Waals surface area contributed by atoms with Crippen molar-refractivity contribution in [2.24, 2.45) is 0 Å². The summed E-state index contributed by atoms with van der Waals surface area (Å²) in [6, 6.07) is 7.02. The van der Waals surface area contributed by atoms with Crippen LogP contribution in [0.3, 0.4) is 0 Å². The fourth-order valence-electron chi connectivity index (χ4n) is 2.63. The second kappa shape index (κ2) is 10.8. The maximum atomic E-state index is 5.92. The zero-order valence-electron chi connectivity index (χ0n) is 14.4. The summed E-state index contributed by atoms with van der Waals surface area (Å²) >= 11 is 0. The van der Waals surface area contributed by atoms with Crippen molar-refractivity contribution in [1.29, 1.82) is 0 Å². The lowest BCUT2D eigenvalue weighted by molar-refractivity contribution is 0.107. The van der Waals surface area contributed by atoms with Crippen LogP contribution in [0.4, 0.5) is 0 Å². The topological polar surface area (TPSA) is 21.3 Å². The Labute approximate surface area is 131 Å². The first-order valence-corrected chi connectivity index (χ1v) is 8.57. The van der Waals surface area contributed by atoms with Gasteiger partial charge in [-0.2, -0.15) is 0 Å². The molecular formula is C19H33NO. The molecule has 2 heteroatoms. The normalized spacial score (nSPS) is 12.6. The third-order valence-corrected chi connectivity index (χ3v) is 3.87. The summed E-state index contributed by atoms with van der Waals surface area (Å²) in [7, 11) is 0. The molecule has 0 aliphatic heterocycles. The highest BCUT2D eigenvalue weighted by atomic mass is 16.5.